The molecule has 3 heterocycles. The molecule has 146 valence electrons. The Hall–Kier alpha value is -2.08. The topological polar surface area (TPSA) is 51.5 Å². The zero-order valence-corrected chi connectivity index (χ0v) is 17.4. The Morgan fingerprint density at radius 2 is 2.11 bits per heavy atom. The van der Waals surface area contributed by atoms with Crippen LogP contribution < -0.4 is 0 Å². The van der Waals surface area contributed by atoms with E-state index in [2.05, 4.69) is 37.5 Å². The number of nitrogens with zero attached hydrogens (tertiary/aromatic N) is 2. The molecule has 3 rings (SSSR count). The van der Waals surface area contributed by atoms with Crippen LogP contribution in [0.1, 0.15) is 49.0 Å². The molecule has 0 unspecified atom stereocenters. The second-order valence-corrected chi connectivity index (χ2v) is 8.66. The molecule has 0 aromatic carbocycles. The van der Waals surface area contributed by atoms with Crippen molar-refractivity contribution < 1.29 is 14.3 Å². The fourth-order valence-electron chi connectivity index (χ4n) is 3.59. The molecule has 1 aliphatic heterocycles. The third-order valence-electron chi connectivity index (χ3n) is 4.94. The van der Waals surface area contributed by atoms with E-state index in [-0.39, 0.29) is 17.8 Å². The highest BCUT2D eigenvalue weighted by Crippen LogP contribution is 2.30. The van der Waals surface area contributed by atoms with Gasteiger partial charge in [-0.1, -0.05) is 11.6 Å². The van der Waals surface area contributed by atoms with Crippen LogP contribution in [0.2, 0.25) is 0 Å². The van der Waals surface area contributed by atoms with Gasteiger partial charge in [0.2, 0.25) is 0 Å². The van der Waals surface area contributed by atoms with E-state index in [4.69, 9.17) is 4.74 Å². The maximum atomic E-state index is 13.3. The van der Waals surface area contributed by atoms with Crippen LogP contribution in [-0.2, 0) is 16.1 Å². The predicted octanol–water partition coefficient (Wildman–Crippen LogP) is 4.39. The number of carbonyl (C=O) groups is 2. The highest BCUT2D eigenvalue weighted by Gasteiger charge is 2.31. The minimum Gasteiger partial charge on any atom is -0.466 e. The van der Waals surface area contributed by atoms with Gasteiger partial charge in [-0.3, -0.25) is 9.59 Å². The molecule has 6 heteroatoms. The molecule has 0 bridgehead atoms. The number of piperidine rings is 1. The van der Waals surface area contributed by atoms with Crippen LogP contribution in [-0.4, -0.2) is 41.0 Å². The van der Waals surface area contributed by atoms with Crippen LogP contribution in [0.5, 0.6) is 0 Å². The van der Waals surface area contributed by atoms with E-state index >= 15 is 0 Å². The number of esters is 1. The average molecular weight is 389 g/mol. The van der Waals surface area contributed by atoms with Gasteiger partial charge in [0, 0.05) is 24.5 Å². The van der Waals surface area contributed by atoms with Crippen molar-refractivity contribution in [2.24, 2.45) is 5.92 Å². The van der Waals surface area contributed by atoms with Gasteiger partial charge in [-0.2, -0.15) is 0 Å². The van der Waals surface area contributed by atoms with E-state index in [1.165, 1.54) is 10.5 Å². The first kappa shape index (κ1) is 19.7. The number of hydrogen-bond donors (Lipinski definition) is 0. The summed E-state index contributed by atoms with van der Waals surface area (Å²) >= 11 is 1.71. The maximum Gasteiger partial charge on any atom is 0.310 e. The van der Waals surface area contributed by atoms with Gasteiger partial charge in [0.1, 0.15) is 5.69 Å². The van der Waals surface area contributed by atoms with Crippen molar-refractivity contribution in [2.45, 2.75) is 47.1 Å². The van der Waals surface area contributed by atoms with Crippen LogP contribution in [0.25, 0.3) is 10.2 Å². The van der Waals surface area contributed by atoms with Crippen molar-refractivity contribution >= 4 is 33.4 Å². The van der Waals surface area contributed by atoms with Crippen molar-refractivity contribution in [1.82, 2.24) is 9.47 Å². The lowest BCUT2D eigenvalue weighted by Crippen LogP contribution is -2.43. The summed E-state index contributed by atoms with van der Waals surface area (Å²) in [5.74, 6) is -0.397. The third kappa shape index (κ3) is 4.26. The quantitative estimate of drug-likeness (QED) is 0.564. The minimum absolute atomic E-state index is 0.00667. The molecular weight excluding hydrogens is 360 g/mol. The van der Waals surface area contributed by atoms with Gasteiger partial charge in [0.05, 0.1) is 22.7 Å². The molecule has 1 atom stereocenters. The molecule has 1 aliphatic rings. The predicted molar refractivity (Wildman–Crippen MR) is 109 cm³/mol. The zero-order chi connectivity index (χ0) is 19.6. The molecule has 5 nitrogen and oxygen atoms in total. The Kier molecular flexibility index (Phi) is 6.05. The maximum absolute atomic E-state index is 13.3. The van der Waals surface area contributed by atoms with Crippen molar-refractivity contribution in [1.29, 1.82) is 0 Å². The number of fused-ring (bicyclic) bond motifs is 1. The second-order valence-electron chi connectivity index (χ2n) is 7.37. The molecule has 0 aliphatic carbocycles. The lowest BCUT2D eigenvalue weighted by molar-refractivity contribution is -0.149. The number of thiophene rings is 1. The summed E-state index contributed by atoms with van der Waals surface area (Å²) in [6.45, 7) is 10.2. The highest BCUT2D eigenvalue weighted by molar-refractivity contribution is 7.19. The first-order valence-electron chi connectivity index (χ1n) is 9.59. The minimum atomic E-state index is -0.216. The summed E-state index contributed by atoms with van der Waals surface area (Å²) in [5, 5.41) is 0. The SMILES string of the molecule is CCOC(=O)[C@@H]1CCCN(C(=O)c2cc3sc(C)cc3n2CC=C(C)C)C1. The van der Waals surface area contributed by atoms with Crippen molar-refractivity contribution in [3.63, 3.8) is 0 Å². The van der Waals surface area contributed by atoms with Gasteiger partial charge in [0.25, 0.3) is 5.91 Å². The molecule has 0 saturated carbocycles. The molecule has 1 amide bonds. The average Bonchev–Trinajstić information content (AvgIpc) is 3.15. The third-order valence-corrected chi connectivity index (χ3v) is 5.93. The van der Waals surface area contributed by atoms with E-state index in [9.17, 15) is 9.59 Å². The first-order chi connectivity index (χ1) is 12.9. The number of aryl methyl sites for hydroxylation is 1. The van der Waals surface area contributed by atoms with E-state index < -0.39 is 0 Å². The van der Waals surface area contributed by atoms with Crippen LogP contribution in [0.3, 0.4) is 0 Å². The Morgan fingerprint density at radius 3 is 2.81 bits per heavy atom. The Balaban J connectivity index is 1.88. The standard InChI is InChI=1S/C21H28N2O3S/c1-5-26-21(25)16-7-6-9-22(13-16)20(24)18-12-19-17(11-15(4)27-19)23(18)10-8-14(2)3/h8,11-12,16H,5-7,9-10,13H2,1-4H3/t16-/m1/s1. The van der Waals surface area contributed by atoms with Gasteiger partial charge in [-0.15, -0.1) is 11.3 Å². The molecule has 2 aromatic heterocycles. The molecule has 0 radical (unpaired) electrons. The van der Waals surface area contributed by atoms with Crippen LogP contribution in [0, 0.1) is 12.8 Å². The van der Waals surface area contributed by atoms with Crippen molar-refractivity contribution in [3.05, 3.63) is 34.4 Å². The highest BCUT2D eigenvalue weighted by atomic mass is 32.1. The fraction of sp³-hybridized carbons (Fsp3) is 0.524. The van der Waals surface area contributed by atoms with Crippen LogP contribution in [0.15, 0.2) is 23.8 Å². The van der Waals surface area contributed by atoms with E-state index in [1.807, 2.05) is 17.9 Å². The van der Waals surface area contributed by atoms with E-state index in [1.54, 1.807) is 11.3 Å². The summed E-state index contributed by atoms with van der Waals surface area (Å²) < 4.78 is 8.40. The molecule has 0 N–H and O–H groups in total. The van der Waals surface area contributed by atoms with Crippen LogP contribution in [0.4, 0.5) is 0 Å². The lowest BCUT2D eigenvalue weighted by Gasteiger charge is -2.31. The molecule has 1 fully saturated rings. The molecule has 27 heavy (non-hydrogen) atoms. The van der Waals surface area contributed by atoms with Gasteiger partial charge >= 0.3 is 5.97 Å². The summed E-state index contributed by atoms with van der Waals surface area (Å²) in [4.78, 5) is 28.4. The molecular formula is C21H28N2O3S. The number of amides is 1. The lowest BCUT2D eigenvalue weighted by atomic mass is 9.98. The summed E-state index contributed by atoms with van der Waals surface area (Å²) in [7, 11) is 0. The summed E-state index contributed by atoms with van der Waals surface area (Å²) in [6, 6.07) is 4.15. The van der Waals surface area contributed by atoms with Gasteiger partial charge < -0.3 is 14.2 Å². The van der Waals surface area contributed by atoms with Crippen molar-refractivity contribution in [2.75, 3.05) is 19.7 Å². The summed E-state index contributed by atoms with van der Waals surface area (Å²) in [5.41, 5.74) is 3.04. The first-order valence-corrected chi connectivity index (χ1v) is 10.4. The Bertz CT molecular complexity index is 873. The normalized spacial score (nSPS) is 17.2. The van der Waals surface area contributed by atoms with Gasteiger partial charge in [-0.25, -0.2) is 0 Å². The largest absolute Gasteiger partial charge is 0.466 e. The van der Waals surface area contributed by atoms with E-state index in [0.717, 1.165) is 23.1 Å². The van der Waals surface area contributed by atoms with Gasteiger partial charge in [-0.05, 0) is 52.7 Å². The molecule has 2 aromatic rings. The monoisotopic (exact) mass is 388 g/mol. The number of carbonyl (C=O) groups excluding carboxylic acids is 2. The van der Waals surface area contributed by atoms with Crippen LogP contribution >= 0.6 is 11.3 Å². The number of aromatic nitrogens is 1. The number of allylic oxidation sites excluding steroid dienone is 2. The fourth-order valence-corrected chi connectivity index (χ4v) is 4.55. The summed E-state index contributed by atoms with van der Waals surface area (Å²) in [6.07, 6.45) is 3.76. The van der Waals surface area contributed by atoms with E-state index in [0.29, 0.717) is 31.9 Å². The second kappa shape index (κ2) is 8.30. The Morgan fingerprint density at radius 1 is 1.33 bits per heavy atom. The smallest absolute Gasteiger partial charge is 0.310 e. The molecule has 1 saturated heterocycles. The zero-order valence-electron chi connectivity index (χ0n) is 16.6. The number of likely N-dealkylation sites (tertiary alicyclic amines) is 1. The number of rotatable bonds is 5. The number of ether oxygens (including phenoxy) is 1. The molecule has 0 spiro atoms. The Labute approximate surface area is 164 Å². The van der Waals surface area contributed by atoms with Crippen molar-refractivity contribution in [3.8, 4) is 0 Å². The number of hydrogen-bond acceptors (Lipinski definition) is 4. The van der Waals surface area contributed by atoms with Gasteiger partial charge in [0.15, 0.2) is 0 Å².